The maximum Gasteiger partial charge on any atom is 0.120 e. The first-order valence-corrected chi connectivity index (χ1v) is 4.67. The molecule has 0 aliphatic rings. The highest BCUT2D eigenvalue weighted by Gasteiger charge is 1.90. The topological polar surface area (TPSA) is 17.1 Å². The molecular weight excluding hydrogens is 160 g/mol. The fourth-order valence-corrected chi connectivity index (χ4v) is 1.28. The van der Waals surface area contributed by atoms with Gasteiger partial charge in [0, 0.05) is 0 Å². The van der Waals surface area contributed by atoms with Crippen molar-refractivity contribution in [2.45, 2.75) is 25.7 Å². The fraction of sp³-hybridized carbons (Fsp3) is 0.333. The van der Waals surface area contributed by atoms with Crippen LogP contribution in [-0.2, 0) is 11.2 Å². The second-order valence-electron chi connectivity index (χ2n) is 3.05. The summed E-state index contributed by atoms with van der Waals surface area (Å²) in [5.74, 6) is 1.79. The first-order chi connectivity index (χ1) is 6.43. The summed E-state index contributed by atoms with van der Waals surface area (Å²) in [4.78, 5) is 9.86. The standard InChI is InChI=1S/C12H14O/c13-11-7-2-1-4-8-12-9-5-3-6-10-12/h3,5-7,9-10H,1-2,4,8H2. The molecule has 1 nitrogen and oxygen atoms in total. The third-order valence-corrected chi connectivity index (χ3v) is 1.99. The van der Waals surface area contributed by atoms with E-state index in [4.69, 9.17) is 0 Å². The quantitative estimate of drug-likeness (QED) is 0.495. The Balaban J connectivity index is 2.17. The van der Waals surface area contributed by atoms with Gasteiger partial charge in [-0.15, -0.1) is 0 Å². The lowest BCUT2D eigenvalue weighted by atomic mass is 10.1. The summed E-state index contributed by atoms with van der Waals surface area (Å²) in [7, 11) is 0. The lowest BCUT2D eigenvalue weighted by molar-refractivity contribution is 0.567. The summed E-state index contributed by atoms with van der Waals surface area (Å²) in [6.07, 6.45) is 5.74. The summed E-state index contributed by atoms with van der Waals surface area (Å²) < 4.78 is 0. The SMILES string of the molecule is O=C=CCCCCc1ccccc1. The van der Waals surface area contributed by atoms with E-state index in [1.54, 1.807) is 12.0 Å². The van der Waals surface area contributed by atoms with E-state index >= 15 is 0 Å². The van der Waals surface area contributed by atoms with Gasteiger partial charge >= 0.3 is 0 Å². The minimum atomic E-state index is 0.857. The lowest BCUT2D eigenvalue weighted by Gasteiger charge is -1.98. The largest absolute Gasteiger partial charge is 0.234 e. The molecule has 1 aromatic carbocycles. The van der Waals surface area contributed by atoms with E-state index in [0.29, 0.717) is 0 Å². The van der Waals surface area contributed by atoms with Gasteiger partial charge in [-0.05, 0) is 37.3 Å². The van der Waals surface area contributed by atoms with Crippen LogP contribution in [0, 0.1) is 0 Å². The molecule has 1 aromatic rings. The van der Waals surface area contributed by atoms with Crippen LogP contribution in [0.5, 0.6) is 0 Å². The Bertz CT molecular complexity index is 270. The van der Waals surface area contributed by atoms with E-state index in [2.05, 4.69) is 24.3 Å². The summed E-state index contributed by atoms with van der Waals surface area (Å²) in [5, 5.41) is 0. The fourth-order valence-electron chi connectivity index (χ4n) is 1.28. The zero-order chi connectivity index (χ0) is 9.36. The Morgan fingerprint density at radius 3 is 2.62 bits per heavy atom. The van der Waals surface area contributed by atoms with Crippen LogP contribution in [0.1, 0.15) is 24.8 Å². The summed E-state index contributed by atoms with van der Waals surface area (Å²) in [5.41, 5.74) is 1.37. The average molecular weight is 174 g/mol. The van der Waals surface area contributed by atoms with Crippen LogP contribution >= 0.6 is 0 Å². The first-order valence-electron chi connectivity index (χ1n) is 4.67. The molecule has 0 heterocycles. The third-order valence-electron chi connectivity index (χ3n) is 1.99. The highest BCUT2D eigenvalue weighted by Crippen LogP contribution is 2.05. The van der Waals surface area contributed by atoms with Crippen molar-refractivity contribution < 1.29 is 4.79 Å². The Kier molecular flexibility index (Phi) is 4.66. The number of benzene rings is 1. The normalized spacial score (nSPS) is 9.23. The molecule has 1 rings (SSSR count). The molecule has 0 amide bonds. The van der Waals surface area contributed by atoms with Crippen LogP contribution < -0.4 is 0 Å². The zero-order valence-corrected chi connectivity index (χ0v) is 7.70. The molecule has 0 saturated carbocycles. The molecule has 0 radical (unpaired) electrons. The third kappa shape index (κ3) is 4.29. The lowest BCUT2D eigenvalue weighted by Crippen LogP contribution is -1.83. The summed E-state index contributed by atoms with van der Waals surface area (Å²) >= 11 is 0. The highest BCUT2D eigenvalue weighted by molar-refractivity contribution is 5.44. The van der Waals surface area contributed by atoms with E-state index in [9.17, 15) is 4.79 Å². The molecule has 0 atom stereocenters. The molecule has 0 fully saturated rings. The van der Waals surface area contributed by atoms with E-state index < -0.39 is 0 Å². The number of unbranched alkanes of at least 4 members (excludes halogenated alkanes) is 2. The molecule has 0 aliphatic heterocycles. The van der Waals surface area contributed by atoms with Gasteiger partial charge in [-0.3, -0.25) is 0 Å². The first kappa shape index (κ1) is 9.76. The molecule has 0 unspecified atom stereocenters. The maximum absolute atomic E-state index is 9.86. The van der Waals surface area contributed by atoms with Gasteiger partial charge in [0.05, 0.1) is 0 Å². The molecule has 1 heteroatoms. The Labute approximate surface area is 79.1 Å². The number of rotatable bonds is 5. The monoisotopic (exact) mass is 174 g/mol. The number of allylic oxidation sites excluding steroid dienone is 1. The van der Waals surface area contributed by atoms with Crippen molar-refractivity contribution >= 4 is 5.94 Å². The zero-order valence-electron chi connectivity index (χ0n) is 7.70. The van der Waals surface area contributed by atoms with Crippen LogP contribution in [0.4, 0.5) is 0 Å². The molecule has 0 aliphatic carbocycles. The molecule has 13 heavy (non-hydrogen) atoms. The van der Waals surface area contributed by atoms with Crippen molar-refractivity contribution in [2.24, 2.45) is 0 Å². The van der Waals surface area contributed by atoms with Crippen LogP contribution in [0.15, 0.2) is 36.4 Å². The van der Waals surface area contributed by atoms with Crippen molar-refractivity contribution in [3.05, 3.63) is 42.0 Å². The molecule has 0 aromatic heterocycles. The van der Waals surface area contributed by atoms with Gasteiger partial charge in [-0.25, -0.2) is 4.79 Å². The van der Waals surface area contributed by atoms with E-state index in [1.165, 1.54) is 5.56 Å². The molecule has 0 N–H and O–H groups in total. The highest BCUT2D eigenvalue weighted by atomic mass is 16.1. The molecule has 68 valence electrons. The van der Waals surface area contributed by atoms with Crippen LogP contribution in [0.2, 0.25) is 0 Å². The molecular formula is C12H14O. The van der Waals surface area contributed by atoms with Gasteiger partial charge in [0.25, 0.3) is 0 Å². The number of hydrogen-bond donors (Lipinski definition) is 0. The average Bonchev–Trinajstić information content (AvgIpc) is 2.19. The van der Waals surface area contributed by atoms with Gasteiger partial charge in [-0.1, -0.05) is 30.3 Å². The van der Waals surface area contributed by atoms with Crippen molar-refractivity contribution in [3.63, 3.8) is 0 Å². The molecule has 0 spiro atoms. The van der Waals surface area contributed by atoms with Crippen LogP contribution in [0.25, 0.3) is 0 Å². The van der Waals surface area contributed by atoms with Gasteiger partial charge < -0.3 is 0 Å². The van der Waals surface area contributed by atoms with Gasteiger partial charge in [-0.2, -0.15) is 0 Å². The van der Waals surface area contributed by atoms with Crippen LogP contribution in [0.3, 0.4) is 0 Å². The van der Waals surface area contributed by atoms with Crippen molar-refractivity contribution in [1.29, 1.82) is 0 Å². The number of hydrogen-bond acceptors (Lipinski definition) is 1. The minimum Gasteiger partial charge on any atom is -0.234 e. The van der Waals surface area contributed by atoms with Gasteiger partial charge in [0.1, 0.15) is 5.94 Å². The molecule has 0 saturated heterocycles. The second-order valence-corrected chi connectivity index (χ2v) is 3.05. The maximum atomic E-state index is 9.86. The van der Waals surface area contributed by atoms with E-state index in [1.807, 2.05) is 6.07 Å². The van der Waals surface area contributed by atoms with Crippen molar-refractivity contribution in [2.75, 3.05) is 0 Å². The van der Waals surface area contributed by atoms with Gasteiger partial charge in [0.2, 0.25) is 0 Å². The van der Waals surface area contributed by atoms with Crippen LogP contribution in [-0.4, -0.2) is 5.94 Å². The Hall–Kier alpha value is -1.33. The summed E-state index contributed by atoms with van der Waals surface area (Å²) in [6.45, 7) is 0. The smallest absolute Gasteiger partial charge is 0.120 e. The number of aryl methyl sites for hydroxylation is 1. The Morgan fingerprint density at radius 2 is 1.92 bits per heavy atom. The Morgan fingerprint density at radius 1 is 1.15 bits per heavy atom. The van der Waals surface area contributed by atoms with Crippen molar-refractivity contribution in [1.82, 2.24) is 0 Å². The minimum absolute atomic E-state index is 0.857. The van der Waals surface area contributed by atoms with E-state index in [-0.39, 0.29) is 0 Å². The molecule has 0 bridgehead atoms. The van der Waals surface area contributed by atoms with Crippen molar-refractivity contribution in [3.8, 4) is 0 Å². The predicted molar refractivity (Wildman–Crippen MR) is 54.3 cm³/mol. The van der Waals surface area contributed by atoms with Gasteiger partial charge in [0.15, 0.2) is 0 Å². The number of carbonyl (C=O) groups excluding carboxylic acids is 1. The second kappa shape index (κ2) is 6.22. The summed E-state index contributed by atoms with van der Waals surface area (Å²) in [6, 6.07) is 10.4. The predicted octanol–water partition coefficient (Wildman–Crippen LogP) is 2.79. The van der Waals surface area contributed by atoms with E-state index in [0.717, 1.165) is 25.7 Å².